The van der Waals surface area contributed by atoms with Crippen LogP contribution in [0.4, 0.5) is 5.69 Å². The molecule has 3 aromatic rings. The molecule has 0 fully saturated rings. The zero-order valence-electron chi connectivity index (χ0n) is 16.0. The molecule has 0 aliphatic heterocycles. The highest BCUT2D eigenvalue weighted by atomic mass is 79.9. The Morgan fingerprint density at radius 2 is 1.82 bits per heavy atom. The quantitative estimate of drug-likeness (QED) is 0.422. The van der Waals surface area contributed by atoms with Crippen molar-refractivity contribution in [3.63, 3.8) is 0 Å². The number of hydrogen-bond acceptors (Lipinski definition) is 2. The number of nitrogens with one attached hydrogen (secondary N) is 1. The summed E-state index contributed by atoms with van der Waals surface area (Å²) in [5.41, 5.74) is 5.81. The summed E-state index contributed by atoms with van der Waals surface area (Å²) in [5.74, 6) is -0.426. The highest BCUT2D eigenvalue weighted by molar-refractivity contribution is 9.10. The van der Waals surface area contributed by atoms with Gasteiger partial charge in [0.1, 0.15) is 11.6 Å². The van der Waals surface area contributed by atoms with E-state index >= 15 is 0 Å². The van der Waals surface area contributed by atoms with E-state index in [-0.39, 0.29) is 5.57 Å². The summed E-state index contributed by atoms with van der Waals surface area (Å²) in [6, 6.07) is 19.5. The minimum Gasteiger partial charge on any atom is -0.321 e. The molecule has 0 saturated heterocycles. The van der Waals surface area contributed by atoms with E-state index in [9.17, 15) is 10.1 Å². The van der Waals surface area contributed by atoms with Gasteiger partial charge in [0.15, 0.2) is 0 Å². The molecular formula is C23H20BrN3O. The van der Waals surface area contributed by atoms with E-state index in [1.165, 1.54) is 5.56 Å². The summed E-state index contributed by atoms with van der Waals surface area (Å²) in [4.78, 5) is 12.5. The fraction of sp³-hybridized carbons (Fsp3) is 0.130. The lowest BCUT2D eigenvalue weighted by Crippen LogP contribution is -2.13. The van der Waals surface area contributed by atoms with Crippen molar-refractivity contribution >= 4 is 33.6 Å². The van der Waals surface area contributed by atoms with Crippen molar-refractivity contribution in [3.05, 3.63) is 87.2 Å². The second-order valence-corrected chi connectivity index (χ2v) is 7.55. The van der Waals surface area contributed by atoms with Crippen molar-refractivity contribution in [3.8, 4) is 11.8 Å². The van der Waals surface area contributed by atoms with Gasteiger partial charge in [0.05, 0.1) is 0 Å². The molecule has 140 valence electrons. The Labute approximate surface area is 173 Å². The van der Waals surface area contributed by atoms with Gasteiger partial charge in [-0.25, -0.2) is 0 Å². The molecule has 0 unspecified atom stereocenters. The van der Waals surface area contributed by atoms with Gasteiger partial charge in [-0.1, -0.05) is 28.1 Å². The Hall–Kier alpha value is -3.10. The van der Waals surface area contributed by atoms with Crippen LogP contribution in [0.25, 0.3) is 11.8 Å². The third-order valence-electron chi connectivity index (χ3n) is 4.50. The second kappa shape index (κ2) is 8.28. The highest BCUT2D eigenvalue weighted by Gasteiger charge is 2.14. The molecule has 1 heterocycles. The summed E-state index contributed by atoms with van der Waals surface area (Å²) in [5, 5.41) is 12.3. The lowest BCUT2D eigenvalue weighted by atomic mass is 10.1. The molecule has 0 bridgehead atoms. The van der Waals surface area contributed by atoms with Gasteiger partial charge in [-0.15, -0.1) is 0 Å². The zero-order valence-corrected chi connectivity index (χ0v) is 17.5. The van der Waals surface area contributed by atoms with Gasteiger partial charge in [-0.05, 0) is 80.4 Å². The van der Waals surface area contributed by atoms with Crippen LogP contribution in [0, 0.1) is 32.1 Å². The van der Waals surface area contributed by atoms with Crippen LogP contribution in [0.3, 0.4) is 0 Å². The summed E-state index contributed by atoms with van der Waals surface area (Å²) in [6.07, 6.45) is 1.64. The molecule has 4 nitrogen and oxygen atoms in total. The normalized spacial score (nSPS) is 11.2. The van der Waals surface area contributed by atoms with E-state index in [4.69, 9.17) is 0 Å². The van der Waals surface area contributed by atoms with E-state index in [0.29, 0.717) is 5.69 Å². The van der Waals surface area contributed by atoms with Crippen LogP contribution in [0.2, 0.25) is 0 Å². The number of rotatable bonds is 4. The minimum absolute atomic E-state index is 0.0624. The number of anilines is 1. The largest absolute Gasteiger partial charge is 0.321 e. The number of aromatic nitrogens is 1. The molecule has 3 rings (SSSR count). The van der Waals surface area contributed by atoms with Crippen molar-refractivity contribution in [1.82, 2.24) is 4.57 Å². The first-order valence-electron chi connectivity index (χ1n) is 8.83. The molecular weight excluding hydrogens is 414 g/mol. The van der Waals surface area contributed by atoms with Gasteiger partial charge >= 0.3 is 0 Å². The smallest absolute Gasteiger partial charge is 0.266 e. The van der Waals surface area contributed by atoms with Crippen LogP contribution < -0.4 is 5.32 Å². The summed E-state index contributed by atoms with van der Waals surface area (Å²) in [7, 11) is 0. The predicted octanol–water partition coefficient (Wildman–Crippen LogP) is 5.71. The molecule has 0 atom stereocenters. The maximum absolute atomic E-state index is 12.5. The van der Waals surface area contributed by atoms with E-state index in [1.807, 2.05) is 50.2 Å². The molecule has 0 aliphatic carbocycles. The van der Waals surface area contributed by atoms with Crippen molar-refractivity contribution in [2.75, 3.05) is 5.32 Å². The number of halogens is 1. The van der Waals surface area contributed by atoms with E-state index in [1.54, 1.807) is 18.2 Å². The standard InChI is InChI=1S/C23H20BrN3O/c1-15-5-4-6-22(11-15)27-16(2)12-18(17(27)3)13-19(14-25)23(28)26-21-9-7-20(24)8-10-21/h4-13H,1-3H3,(H,26,28)/b19-13-. The van der Waals surface area contributed by atoms with Crippen LogP contribution in [0.5, 0.6) is 0 Å². The summed E-state index contributed by atoms with van der Waals surface area (Å²) < 4.78 is 3.05. The van der Waals surface area contributed by atoms with Gasteiger partial charge in [0.2, 0.25) is 0 Å². The first kappa shape index (κ1) is 19.7. The van der Waals surface area contributed by atoms with Gasteiger partial charge in [0, 0.05) is 27.2 Å². The highest BCUT2D eigenvalue weighted by Crippen LogP contribution is 2.24. The SMILES string of the molecule is Cc1cccc(-n2c(C)cc(/C=C(/C#N)C(=O)Nc3ccc(Br)cc3)c2C)c1. The van der Waals surface area contributed by atoms with Crippen molar-refractivity contribution in [1.29, 1.82) is 5.26 Å². The number of nitrogens with zero attached hydrogens (tertiary/aromatic N) is 2. The molecule has 1 N–H and O–H groups in total. The Bertz CT molecular complexity index is 1100. The summed E-state index contributed by atoms with van der Waals surface area (Å²) >= 11 is 3.36. The van der Waals surface area contributed by atoms with Crippen LogP contribution >= 0.6 is 15.9 Å². The molecule has 0 aliphatic rings. The summed E-state index contributed by atoms with van der Waals surface area (Å²) in [6.45, 7) is 6.06. The number of nitriles is 1. The predicted molar refractivity (Wildman–Crippen MR) is 116 cm³/mol. The Kier molecular flexibility index (Phi) is 5.81. The van der Waals surface area contributed by atoms with Crippen LogP contribution in [0.15, 0.2) is 64.6 Å². The monoisotopic (exact) mass is 433 g/mol. The average Bonchev–Trinajstić information content (AvgIpc) is 2.94. The number of benzene rings is 2. The van der Waals surface area contributed by atoms with E-state index < -0.39 is 5.91 Å². The Morgan fingerprint density at radius 3 is 2.46 bits per heavy atom. The van der Waals surface area contributed by atoms with Crippen molar-refractivity contribution in [2.45, 2.75) is 20.8 Å². The third-order valence-corrected chi connectivity index (χ3v) is 5.03. The topological polar surface area (TPSA) is 57.8 Å². The van der Waals surface area contributed by atoms with Crippen LogP contribution in [-0.4, -0.2) is 10.5 Å². The van der Waals surface area contributed by atoms with Gasteiger partial charge in [-0.3, -0.25) is 4.79 Å². The van der Waals surface area contributed by atoms with Crippen LogP contribution in [-0.2, 0) is 4.79 Å². The lowest BCUT2D eigenvalue weighted by molar-refractivity contribution is -0.112. The fourth-order valence-corrected chi connectivity index (χ4v) is 3.40. The van der Waals surface area contributed by atoms with Crippen LogP contribution in [0.1, 0.15) is 22.5 Å². The average molecular weight is 434 g/mol. The zero-order chi connectivity index (χ0) is 20.3. The molecule has 1 aromatic heterocycles. The Morgan fingerprint density at radius 1 is 1.11 bits per heavy atom. The van der Waals surface area contributed by atoms with E-state index in [2.05, 4.69) is 44.9 Å². The molecule has 28 heavy (non-hydrogen) atoms. The van der Waals surface area contributed by atoms with Gasteiger partial charge in [0.25, 0.3) is 5.91 Å². The number of amides is 1. The first-order chi connectivity index (χ1) is 13.4. The molecule has 1 amide bonds. The molecule has 0 spiro atoms. The van der Waals surface area contributed by atoms with Crippen molar-refractivity contribution < 1.29 is 4.79 Å². The van der Waals surface area contributed by atoms with E-state index in [0.717, 1.165) is 27.1 Å². The van der Waals surface area contributed by atoms with Gasteiger partial charge < -0.3 is 9.88 Å². The Balaban J connectivity index is 1.93. The maximum Gasteiger partial charge on any atom is 0.266 e. The number of aryl methyl sites for hydroxylation is 2. The van der Waals surface area contributed by atoms with Gasteiger partial charge in [-0.2, -0.15) is 5.26 Å². The molecule has 0 saturated carbocycles. The maximum atomic E-state index is 12.5. The van der Waals surface area contributed by atoms with Crippen molar-refractivity contribution in [2.24, 2.45) is 0 Å². The second-order valence-electron chi connectivity index (χ2n) is 6.63. The third kappa shape index (κ3) is 4.24. The first-order valence-corrected chi connectivity index (χ1v) is 9.63. The molecule has 0 radical (unpaired) electrons. The number of carbonyl (C=O) groups is 1. The minimum atomic E-state index is -0.426. The number of carbonyl (C=O) groups excluding carboxylic acids is 1. The lowest BCUT2D eigenvalue weighted by Gasteiger charge is -2.10. The molecule has 5 heteroatoms. The number of hydrogen-bond donors (Lipinski definition) is 1. The molecule has 2 aromatic carbocycles. The fourth-order valence-electron chi connectivity index (χ4n) is 3.13.